The van der Waals surface area contributed by atoms with Crippen LogP contribution >= 0.6 is 0 Å². The first-order valence-electron chi connectivity index (χ1n) is 3.16. The number of carbonyl (C=O) groups excluding carboxylic acids is 2. The van der Waals surface area contributed by atoms with Gasteiger partial charge in [-0.3, -0.25) is 4.79 Å². The summed E-state index contributed by atoms with van der Waals surface area (Å²) < 4.78 is 0. The Morgan fingerprint density at radius 2 is 1.33 bits per heavy atom. The van der Waals surface area contributed by atoms with Crippen LogP contribution in [0, 0.1) is 0 Å². The van der Waals surface area contributed by atoms with Crippen LogP contribution in [0.4, 0.5) is 4.79 Å². The number of carbonyl (C=O) groups is 3. The molecule has 0 unspecified atom stereocenters. The van der Waals surface area contributed by atoms with Crippen LogP contribution in [0.15, 0.2) is 0 Å². The Bertz CT molecular complexity index is 178. The topological polar surface area (TPSA) is 141 Å². The quantitative estimate of drug-likeness (QED) is 0.504. The largest absolute Gasteiger partial charge is 2.00 e. The molecule has 0 aliphatic carbocycles. The van der Waals surface area contributed by atoms with Crippen LogP contribution in [-0.4, -0.2) is 23.2 Å². The van der Waals surface area contributed by atoms with Gasteiger partial charge in [-0.05, 0) is 19.0 Å². The summed E-state index contributed by atoms with van der Waals surface area (Å²) >= 11 is 0. The van der Waals surface area contributed by atoms with Crippen molar-refractivity contribution in [3.8, 4) is 0 Å². The Morgan fingerprint density at radius 1 is 1.00 bits per heavy atom. The fraction of sp³-hybridized carbons (Fsp3) is 0.500. The smallest absolute Gasteiger partial charge is 0.652 e. The van der Waals surface area contributed by atoms with Crippen molar-refractivity contribution < 1.29 is 83.8 Å². The second-order valence-electron chi connectivity index (χ2n) is 1.87. The summed E-state index contributed by atoms with van der Waals surface area (Å²) in [5, 5.41) is 34.4. The zero-order valence-electron chi connectivity index (χ0n) is 8.23. The Kier molecular flexibility index (Phi) is 26.2. The van der Waals surface area contributed by atoms with Gasteiger partial charge in [-0.25, -0.2) is 0 Å². The molecule has 0 aliphatic heterocycles. The van der Waals surface area contributed by atoms with Gasteiger partial charge < -0.3 is 30.0 Å². The molecule has 76 valence electrons. The van der Waals surface area contributed by atoms with Crippen molar-refractivity contribution in [1.82, 2.24) is 0 Å². The number of aliphatic carboxylic acids is 2. The van der Waals surface area contributed by atoms with Crippen molar-refractivity contribution in [2.24, 2.45) is 0 Å². The third-order valence-electron chi connectivity index (χ3n) is 0.772. The molecule has 15 heavy (non-hydrogen) atoms. The van der Waals surface area contributed by atoms with Crippen LogP contribution < -0.4 is 44.9 Å². The summed E-state index contributed by atoms with van der Waals surface area (Å²) in [6.07, 6.45) is -2.46. The predicted octanol–water partition coefficient (Wildman–Crippen LogP) is -6.45. The average Bonchev–Trinajstić information content (AvgIpc) is 1.83. The zero-order chi connectivity index (χ0) is 10.9. The third-order valence-corrected chi connectivity index (χ3v) is 0.772. The van der Waals surface area contributed by atoms with E-state index >= 15 is 0 Å². The van der Waals surface area contributed by atoms with E-state index in [9.17, 15) is 14.7 Å². The molecule has 0 heterocycles. The zero-order valence-corrected chi connectivity index (χ0v) is 13.2. The molecular formula is C6H7NaO7Zn. The maximum Gasteiger partial charge on any atom is 2.00 e. The molecule has 0 aromatic rings. The third kappa shape index (κ3) is 56.9. The maximum atomic E-state index is 9.77. The van der Waals surface area contributed by atoms with Gasteiger partial charge in [0.1, 0.15) is 0 Å². The fourth-order valence-corrected chi connectivity index (χ4v) is 0.384. The molecule has 0 saturated heterocycles. The minimum absolute atomic E-state index is 0. The summed E-state index contributed by atoms with van der Waals surface area (Å²) in [5.74, 6) is -2.17. The summed E-state index contributed by atoms with van der Waals surface area (Å²) in [4.78, 5) is 27.8. The van der Waals surface area contributed by atoms with Crippen molar-refractivity contribution >= 4 is 18.1 Å². The summed E-state index contributed by atoms with van der Waals surface area (Å²) in [5.41, 5.74) is 0. The van der Waals surface area contributed by atoms with Crippen molar-refractivity contribution in [2.45, 2.75) is 19.3 Å². The Morgan fingerprint density at radius 3 is 1.53 bits per heavy atom. The van der Waals surface area contributed by atoms with E-state index in [1.54, 1.807) is 0 Å². The minimum Gasteiger partial charge on any atom is -0.652 e. The molecule has 9 heteroatoms. The number of hydrogen-bond acceptors (Lipinski definition) is 6. The Balaban J connectivity index is -0.0000000883. The van der Waals surface area contributed by atoms with Crippen molar-refractivity contribution in [3.63, 3.8) is 0 Å². The van der Waals surface area contributed by atoms with Crippen LogP contribution in [0.5, 0.6) is 0 Å². The van der Waals surface area contributed by atoms with Gasteiger partial charge in [-0.1, -0.05) is 0 Å². The van der Waals surface area contributed by atoms with E-state index in [2.05, 4.69) is 0 Å². The Labute approximate surface area is 121 Å². The predicted molar refractivity (Wildman–Crippen MR) is 31.9 cm³/mol. The standard InChI is InChI=1S/C5H8O4.CH2O3.Na.Zn/c6-4(7)2-1-3-5(8)9;2-1(3)4;;/h1-3H2,(H,6,7)(H,8,9);(H2,2,3,4);;/q;;+1;+2/p-3. The van der Waals surface area contributed by atoms with Gasteiger partial charge in [-0.15, -0.1) is 0 Å². The van der Waals surface area contributed by atoms with E-state index < -0.39 is 18.1 Å². The van der Waals surface area contributed by atoms with Crippen LogP contribution in [0.2, 0.25) is 0 Å². The van der Waals surface area contributed by atoms with E-state index in [-0.39, 0.29) is 68.3 Å². The molecule has 0 radical (unpaired) electrons. The second-order valence-corrected chi connectivity index (χ2v) is 1.87. The number of rotatable bonds is 4. The fourth-order valence-electron chi connectivity index (χ4n) is 0.384. The first kappa shape index (κ1) is 24.2. The number of hydrogen-bond donors (Lipinski definition) is 1. The van der Waals surface area contributed by atoms with Gasteiger partial charge in [0.25, 0.3) is 0 Å². The van der Waals surface area contributed by atoms with Gasteiger partial charge in [-0.2, -0.15) is 0 Å². The van der Waals surface area contributed by atoms with Gasteiger partial charge in [0, 0.05) is 12.4 Å². The van der Waals surface area contributed by atoms with Gasteiger partial charge in [0.2, 0.25) is 0 Å². The first-order chi connectivity index (χ1) is 5.86. The maximum absolute atomic E-state index is 9.77. The molecule has 0 rings (SSSR count). The number of carboxylic acid groups (broad SMARTS) is 4. The monoisotopic (exact) mass is 278 g/mol. The summed E-state index contributed by atoms with van der Waals surface area (Å²) in [7, 11) is 0. The van der Waals surface area contributed by atoms with E-state index in [1.165, 1.54) is 0 Å². The van der Waals surface area contributed by atoms with Crippen LogP contribution in [0.25, 0.3) is 0 Å². The molecule has 0 aliphatic rings. The molecule has 0 atom stereocenters. The van der Waals surface area contributed by atoms with Crippen LogP contribution in [0.3, 0.4) is 0 Å². The first-order valence-corrected chi connectivity index (χ1v) is 3.16. The average molecular weight is 279 g/mol. The van der Waals surface area contributed by atoms with E-state index in [0.717, 1.165) is 0 Å². The molecule has 7 nitrogen and oxygen atoms in total. The van der Waals surface area contributed by atoms with Crippen LogP contribution in [-0.2, 0) is 29.1 Å². The van der Waals surface area contributed by atoms with Crippen molar-refractivity contribution in [3.05, 3.63) is 0 Å². The molecule has 0 saturated carbocycles. The molecule has 0 aromatic heterocycles. The van der Waals surface area contributed by atoms with Gasteiger partial charge in [0.15, 0.2) is 0 Å². The van der Waals surface area contributed by atoms with Gasteiger partial charge in [0.05, 0.1) is 0 Å². The van der Waals surface area contributed by atoms with Crippen molar-refractivity contribution in [2.75, 3.05) is 0 Å². The molecule has 1 N–H and O–H groups in total. The minimum atomic E-state index is -2.33. The molecule has 0 fully saturated rings. The summed E-state index contributed by atoms with van der Waals surface area (Å²) in [6, 6.07) is 0. The second kappa shape index (κ2) is 16.3. The normalized spacial score (nSPS) is 6.93. The molecular weight excluding hydrogens is 272 g/mol. The summed E-state index contributed by atoms with van der Waals surface area (Å²) in [6.45, 7) is 0. The van der Waals surface area contributed by atoms with Crippen LogP contribution in [0.1, 0.15) is 19.3 Å². The van der Waals surface area contributed by atoms with E-state index in [0.29, 0.717) is 0 Å². The van der Waals surface area contributed by atoms with Crippen molar-refractivity contribution in [1.29, 1.82) is 0 Å². The SMILES string of the molecule is O=C([O-])CCCC(=O)O.O=C([O-])[O-].[Na+].[Zn+2]. The Hall–Kier alpha value is -0.167. The number of carboxylic acids is 2. The molecule has 0 spiro atoms. The molecule has 0 amide bonds. The molecule has 0 aromatic carbocycles. The van der Waals surface area contributed by atoms with E-state index in [4.69, 9.17) is 20.1 Å². The van der Waals surface area contributed by atoms with E-state index in [1.807, 2.05) is 0 Å². The molecule has 0 bridgehead atoms. The van der Waals surface area contributed by atoms with Gasteiger partial charge >= 0.3 is 55.0 Å².